The monoisotopic (exact) mass is 264 g/mol. The predicted octanol–water partition coefficient (Wildman–Crippen LogP) is 2.33. The number of piperidine rings is 1. The van der Waals surface area contributed by atoms with E-state index in [1.165, 1.54) is 6.07 Å². The van der Waals surface area contributed by atoms with Crippen LogP contribution in [-0.4, -0.2) is 37.7 Å². The van der Waals surface area contributed by atoms with Crippen LogP contribution in [0.25, 0.3) is 0 Å². The molecule has 1 fully saturated rings. The molecule has 0 aromatic heterocycles. The van der Waals surface area contributed by atoms with Crippen LogP contribution in [0, 0.1) is 5.82 Å². The molecule has 19 heavy (non-hydrogen) atoms. The summed E-state index contributed by atoms with van der Waals surface area (Å²) in [6.45, 7) is 1.99. The number of hydrogen-bond acceptors (Lipinski definition) is 3. The van der Waals surface area contributed by atoms with Crippen molar-refractivity contribution >= 4 is 0 Å². The highest BCUT2D eigenvalue weighted by atomic mass is 19.1. The second-order valence-electron chi connectivity index (χ2n) is 5.90. The van der Waals surface area contributed by atoms with E-state index < -0.39 is 0 Å². The summed E-state index contributed by atoms with van der Waals surface area (Å²) in [6, 6.07) is 5.13. The Kier molecular flexibility index (Phi) is 3.23. The van der Waals surface area contributed by atoms with Crippen molar-refractivity contribution < 1.29 is 9.13 Å². The van der Waals surface area contributed by atoms with Crippen molar-refractivity contribution in [2.75, 3.05) is 27.2 Å². The minimum atomic E-state index is -0.185. The van der Waals surface area contributed by atoms with Crippen LogP contribution in [0.5, 0.6) is 5.75 Å². The number of benzene rings is 1. The van der Waals surface area contributed by atoms with Gasteiger partial charge in [-0.15, -0.1) is 0 Å². The molecule has 1 aromatic carbocycles. The molecular formula is C15H21FN2O. The van der Waals surface area contributed by atoms with Gasteiger partial charge in [0.05, 0.1) is 0 Å². The summed E-state index contributed by atoms with van der Waals surface area (Å²) in [4.78, 5) is 2.17. The van der Waals surface area contributed by atoms with Crippen LogP contribution in [0.1, 0.15) is 30.9 Å². The van der Waals surface area contributed by atoms with Crippen LogP contribution in [0.15, 0.2) is 18.2 Å². The summed E-state index contributed by atoms with van der Waals surface area (Å²) in [5, 5.41) is 3.38. The van der Waals surface area contributed by atoms with Crippen LogP contribution in [0.3, 0.4) is 0 Å². The van der Waals surface area contributed by atoms with E-state index in [4.69, 9.17) is 4.74 Å². The minimum Gasteiger partial charge on any atom is -0.487 e. The lowest BCUT2D eigenvalue weighted by Gasteiger charge is -2.46. The van der Waals surface area contributed by atoms with Gasteiger partial charge in [-0.3, -0.25) is 0 Å². The Morgan fingerprint density at radius 3 is 2.74 bits per heavy atom. The van der Waals surface area contributed by atoms with E-state index in [0.29, 0.717) is 0 Å². The number of ether oxygens (including phenoxy) is 1. The molecule has 0 radical (unpaired) electrons. The van der Waals surface area contributed by atoms with Crippen LogP contribution >= 0.6 is 0 Å². The SMILES string of the molecule is CN(C)C1CC2(CCNCC2)Oc2ccc(F)cc21. The summed E-state index contributed by atoms with van der Waals surface area (Å²) in [6.07, 6.45) is 2.99. The molecule has 0 bridgehead atoms. The zero-order chi connectivity index (χ0) is 13.5. The molecule has 2 aliphatic rings. The maximum atomic E-state index is 13.5. The lowest BCUT2D eigenvalue weighted by Crippen LogP contribution is -2.50. The summed E-state index contributed by atoms with van der Waals surface area (Å²) >= 11 is 0. The second-order valence-corrected chi connectivity index (χ2v) is 5.90. The van der Waals surface area contributed by atoms with Gasteiger partial charge in [-0.1, -0.05) is 0 Å². The lowest BCUT2D eigenvalue weighted by molar-refractivity contribution is -0.0120. The first-order valence-corrected chi connectivity index (χ1v) is 6.95. The standard InChI is InChI=1S/C15H21FN2O/c1-18(2)13-10-15(5-7-17-8-6-15)19-14-4-3-11(16)9-12(13)14/h3-4,9,13,17H,5-8,10H2,1-2H3. The fourth-order valence-electron chi connectivity index (χ4n) is 3.26. The van der Waals surface area contributed by atoms with Gasteiger partial charge in [0.25, 0.3) is 0 Å². The summed E-state index contributed by atoms with van der Waals surface area (Å²) in [5.74, 6) is 0.670. The van der Waals surface area contributed by atoms with Gasteiger partial charge in [-0.05, 0) is 58.2 Å². The first-order chi connectivity index (χ1) is 9.10. The molecule has 3 rings (SSSR count). The minimum absolute atomic E-state index is 0.0784. The smallest absolute Gasteiger partial charge is 0.125 e. The number of rotatable bonds is 1. The first kappa shape index (κ1) is 12.9. The highest BCUT2D eigenvalue weighted by Crippen LogP contribution is 2.45. The molecule has 1 unspecified atom stereocenters. The molecule has 0 aliphatic carbocycles. The molecule has 1 aromatic rings. The Labute approximate surface area is 113 Å². The van der Waals surface area contributed by atoms with Gasteiger partial charge in [0.1, 0.15) is 17.2 Å². The van der Waals surface area contributed by atoms with Crippen LogP contribution in [-0.2, 0) is 0 Å². The van der Waals surface area contributed by atoms with Crippen molar-refractivity contribution in [2.24, 2.45) is 0 Å². The largest absolute Gasteiger partial charge is 0.487 e. The third-order valence-corrected chi connectivity index (χ3v) is 4.36. The van der Waals surface area contributed by atoms with Crippen LogP contribution < -0.4 is 10.1 Å². The molecule has 104 valence electrons. The molecule has 1 saturated heterocycles. The number of halogens is 1. The number of fused-ring (bicyclic) bond motifs is 1. The van der Waals surface area contributed by atoms with E-state index in [2.05, 4.69) is 24.3 Å². The van der Waals surface area contributed by atoms with E-state index in [9.17, 15) is 4.39 Å². The van der Waals surface area contributed by atoms with E-state index >= 15 is 0 Å². The third kappa shape index (κ3) is 2.35. The maximum absolute atomic E-state index is 13.5. The van der Waals surface area contributed by atoms with Crippen molar-refractivity contribution in [2.45, 2.75) is 30.9 Å². The topological polar surface area (TPSA) is 24.5 Å². The average Bonchev–Trinajstić information content (AvgIpc) is 2.39. The molecule has 2 heterocycles. The van der Waals surface area contributed by atoms with Crippen LogP contribution in [0.2, 0.25) is 0 Å². The summed E-state index contributed by atoms with van der Waals surface area (Å²) in [7, 11) is 4.11. The average molecular weight is 264 g/mol. The van der Waals surface area contributed by atoms with E-state index in [0.717, 1.165) is 43.7 Å². The Morgan fingerprint density at radius 2 is 2.05 bits per heavy atom. The van der Waals surface area contributed by atoms with Gasteiger partial charge in [0, 0.05) is 18.0 Å². The van der Waals surface area contributed by atoms with Crippen molar-refractivity contribution in [3.05, 3.63) is 29.6 Å². The van der Waals surface area contributed by atoms with E-state index in [1.807, 2.05) is 0 Å². The molecule has 0 saturated carbocycles. The molecular weight excluding hydrogens is 243 g/mol. The van der Waals surface area contributed by atoms with Gasteiger partial charge in [-0.25, -0.2) is 4.39 Å². The molecule has 2 aliphatic heterocycles. The Bertz CT molecular complexity index is 469. The third-order valence-electron chi connectivity index (χ3n) is 4.36. The zero-order valence-electron chi connectivity index (χ0n) is 11.6. The molecule has 4 heteroatoms. The van der Waals surface area contributed by atoms with Gasteiger partial charge in [-0.2, -0.15) is 0 Å². The quantitative estimate of drug-likeness (QED) is 0.842. The summed E-state index contributed by atoms with van der Waals surface area (Å²) < 4.78 is 19.7. The van der Waals surface area contributed by atoms with Crippen molar-refractivity contribution in [3.63, 3.8) is 0 Å². The van der Waals surface area contributed by atoms with Gasteiger partial charge in [0.15, 0.2) is 0 Å². The second kappa shape index (κ2) is 4.76. The zero-order valence-corrected chi connectivity index (χ0v) is 11.6. The Hall–Kier alpha value is -1.13. The number of hydrogen-bond donors (Lipinski definition) is 1. The number of nitrogens with one attached hydrogen (secondary N) is 1. The molecule has 3 nitrogen and oxygen atoms in total. The predicted molar refractivity (Wildman–Crippen MR) is 72.9 cm³/mol. The van der Waals surface area contributed by atoms with Gasteiger partial charge in [0.2, 0.25) is 0 Å². The van der Waals surface area contributed by atoms with Crippen LogP contribution in [0.4, 0.5) is 4.39 Å². The summed E-state index contributed by atoms with van der Waals surface area (Å²) in [5.41, 5.74) is 0.902. The highest BCUT2D eigenvalue weighted by molar-refractivity contribution is 5.39. The van der Waals surface area contributed by atoms with E-state index in [-0.39, 0.29) is 17.5 Å². The van der Waals surface area contributed by atoms with Crippen molar-refractivity contribution in [1.29, 1.82) is 0 Å². The molecule has 1 spiro atoms. The van der Waals surface area contributed by atoms with Crippen molar-refractivity contribution in [1.82, 2.24) is 10.2 Å². The van der Waals surface area contributed by atoms with Crippen molar-refractivity contribution in [3.8, 4) is 5.75 Å². The Morgan fingerprint density at radius 1 is 1.32 bits per heavy atom. The van der Waals surface area contributed by atoms with Gasteiger partial charge >= 0.3 is 0 Å². The first-order valence-electron chi connectivity index (χ1n) is 6.95. The number of nitrogens with zero attached hydrogens (tertiary/aromatic N) is 1. The maximum Gasteiger partial charge on any atom is 0.125 e. The lowest BCUT2D eigenvalue weighted by atomic mass is 9.80. The Balaban J connectivity index is 1.99. The van der Waals surface area contributed by atoms with Gasteiger partial charge < -0.3 is 15.0 Å². The van der Waals surface area contributed by atoms with E-state index in [1.54, 1.807) is 12.1 Å². The highest BCUT2D eigenvalue weighted by Gasteiger charge is 2.42. The fourth-order valence-corrected chi connectivity index (χ4v) is 3.26. The molecule has 1 N–H and O–H groups in total. The normalized spacial score (nSPS) is 25.2. The fraction of sp³-hybridized carbons (Fsp3) is 0.600. The molecule has 1 atom stereocenters. The molecule has 0 amide bonds.